The Labute approximate surface area is 155 Å². The van der Waals surface area contributed by atoms with Crippen LogP contribution in [0.25, 0.3) is 11.0 Å². The van der Waals surface area contributed by atoms with Crippen molar-refractivity contribution in [2.75, 3.05) is 60.5 Å². The highest BCUT2D eigenvalue weighted by molar-refractivity contribution is 5.97. The van der Waals surface area contributed by atoms with Gasteiger partial charge in [0.2, 0.25) is 0 Å². The Kier molecular flexibility index (Phi) is 5.96. The fourth-order valence-electron chi connectivity index (χ4n) is 3.66. The van der Waals surface area contributed by atoms with Crippen LogP contribution in [0.15, 0.2) is 34.9 Å². The van der Waals surface area contributed by atoms with Crippen molar-refractivity contribution in [3.63, 3.8) is 0 Å². The van der Waals surface area contributed by atoms with E-state index in [0.717, 1.165) is 30.6 Å². The van der Waals surface area contributed by atoms with E-state index in [1.54, 1.807) is 6.26 Å². The molecule has 1 fully saturated rings. The van der Waals surface area contributed by atoms with Crippen molar-refractivity contribution in [3.05, 3.63) is 36.1 Å². The quantitative estimate of drug-likeness (QED) is 0.814. The topological polar surface area (TPSA) is 60.2 Å². The lowest BCUT2D eigenvalue weighted by molar-refractivity contribution is 0.0779. The fraction of sp³-hybridized carbons (Fsp3) is 0.550. The third-order valence-corrected chi connectivity index (χ3v) is 5.27. The maximum Gasteiger partial charge on any atom is 0.253 e. The molecule has 0 radical (unpaired) electrons. The number of rotatable bonds is 7. The number of nitrogens with zero attached hydrogens (tertiary/aromatic N) is 3. The van der Waals surface area contributed by atoms with Crippen LogP contribution in [0.1, 0.15) is 10.4 Å². The molecule has 0 aliphatic carbocycles. The van der Waals surface area contributed by atoms with Crippen LogP contribution in [0, 0.1) is 11.8 Å². The molecule has 1 aliphatic heterocycles. The van der Waals surface area contributed by atoms with E-state index >= 15 is 0 Å². The molecule has 2 aromatic rings. The zero-order valence-electron chi connectivity index (χ0n) is 15.9. The van der Waals surface area contributed by atoms with E-state index in [2.05, 4.69) is 30.9 Å². The summed E-state index contributed by atoms with van der Waals surface area (Å²) in [6.45, 7) is 4.30. The highest BCUT2D eigenvalue weighted by Crippen LogP contribution is 2.26. The van der Waals surface area contributed by atoms with Crippen LogP contribution in [0.4, 0.5) is 0 Å². The van der Waals surface area contributed by atoms with Crippen molar-refractivity contribution in [2.45, 2.75) is 0 Å². The highest BCUT2D eigenvalue weighted by Gasteiger charge is 2.35. The van der Waals surface area contributed by atoms with Gasteiger partial charge in [0, 0.05) is 56.2 Å². The number of fused-ring (bicyclic) bond motifs is 1. The van der Waals surface area contributed by atoms with E-state index in [4.69, 9.17) is 4.42 Å². The molecule has 2 heterocycles. The van der Waals surface area contributed by atoms with E-state index < -0.39 is 0 Å². The SMILES string of the molecule is CN(C)CCN(C)C[C@@H]1CN(C(=O)c2ccc3occc3c2)C[C@@H]1CO. The number of aliphatic hydroxyl groups is 1. The van der Waals surface area contributed by atoms with E-state index in [1.807, 2.05) is 29.2 Å². The number of aliphatic hydroxyl groups excluding tert-OH is 1. The van der Waals surface area contributed by atoms with E-state index in [0.29, 0.717) is 24.6 Å². The van der Waals surface area contributed by atoms with Crippen molar-refractivity contribution in [3.8, 4) is 0 Å². The smallest absolute Gasteiger partial charge is 0.253 e. The molecule has 0 bridgehead atoms. The Morgan fingerprint density at radius 2 is 1.96 bits per heavy atom. The molecule has 0 saturated carbocycles. The molecule has 1 N–H and O–H groups in total. The third-order valence-electron chi connectivity index (χ3n) is 5.27. The van der Waals surface area contributed by atoms with Gasteiger partial charge in [-0.25, -0.2) is 0 Å². The summed E-state index contributed by atoms with van der Waals surface area (Å²) < 4.78 is 5.35. The Morgan fingerprint density at radius 1 is 1.19 bits per heavy atom. The maximum absolute atomic E-state index is 12.9. The average Bonchev–Trinajstić information content (AvgIpc) is 3.25. The molecule has 142 valence electrons. The zero-order chi connectivity index (χ0) is 18.7. The van der Waals surface area contributed by atoms with Gasteiger partial charge in [0.15, 0.2) is 0 Å². The fourth-order valence-corrected chi connectivity index (χ4v) is 3.66. The molecule has 6 nitrogen and oxygen atoms in total. The highest BCUT2D eigenvalue weighted by atomic mass is 16.3. The molecule has 1 amide bonds. The summed E-state index contributed by atoms with van der Waals surface area (Å²) in [5.41, 5.74) is 1.47. The molecular weight excluding hydrogens is 330 g/mol. The first kappa shape index (κ1) is 18.9. The molecule has 3 rings (SSSR count). The number of hydrogen-bond donors (Lipinski definition) is 1. The van der Waals surface area contributed by atoms with Gasteiger partial charge in [-0.1, -0.05) is 0 Å². The number of furan rings is 1. The first-order valence-corrected chi connectivity index (χ1v) is 9.18. The number of carbonyl (C=O) groups excluding carboxylic acids is 1. The number of benzene rings is 1. The zero-order valence-corrected chi connectivity index (χ0v) is 15.9. The normalized spacial score (nSPS) is 20.6. The van der Waals surface area contributed by atoms with Gasteiger partial charge >= 0.3 is 0 Å². The molecule has 26 heavy (non-hydrogen) atoms. The van der Waals surface area contributed by atoms with Crippen molar-refractivity contribution in [1.29, 1.82) is 0 Å². The summed E-state index contributed by atoms with van der Waals surface area (Å²) in [5.74, 6) is 0.470. The van der Waals surface area contributed by atoms with E-state index in [1.165, 1.54) is 0 Å². The standard InChI is InChI=1S/C20H29N3O3/c1-21(2)7-8-22(3)11-17-12-23(13-18(17)14-24)20(25)16-4-5-19-15(10-16)6-9-26-19/h4-6,9-10,17-18,24H,7-8,11-14H2,1-3H3/t17-,18-/m1/s1. The third kappa shape index (κ3) is 4.26. The summed E-state index contributed by atoms with van der Waals surface area (Å²) in [6.07, 6.45) is 1.64. The molecule has 0 spiro atoms. The molecule has 2 atom stereocenters. The predicted octanol–water partition coefficient (Wildman–Crippen LogP) is 1.61. The molecule has 1 aliphatic rings. The Bertz CT molecular complexity index is 743. The number of carbonyl (C=O) groups is 1. The van der Waals surface area contributed by atoms with Gasteiger partial charge in [0.25, 0.3) is 5.91 Å². The summed E-state index contributed by atoms with van der Waals surface area (Å²) >= 11 is 0. The summed E-state index contributed by atoms with van der Waals surface area (Å²) in [4.78, 5) is 19.2. The van der Waals surface area contributed by atoms with E-state index in [-0.39, 0.29) is 18.4 Å². The molecule has 1 aromatic heterocycles. The minimum atomic E-state index is 0.0324. The van der Waals surface area contributed by atoms with E-state index in [9.17, 15) is 9.90 Å². The monoisotopic (exact) mass is 359 g/mol. The Hall–Kier alpha value is -1.89. The van der Waals surface area contributed by atoms with Gasteiger partial charge in [-0.15, -0.1) is 0 Å². The van der Waals surface area contributed by atoms with Gasteiger partial charge in [0.1, 0.15) is 5.58 Å². The molecular formula is C20H29N3O3. The number of likely N-dealkylation sites (tertiary alicyclic amines) is 1. The van der Waals surface area contributed by atoms with Crippen molar-refractivity contribution < 1.29 is 14.3 Å². The second kappa shape index (κ2) is 8.20. The van der Waals surface area contributed by atoms with Crippen molar-refractivity contribution in [2.24, 2.45) is 11.8 Å². The van der Waals surface area contributed by atoms with Gasteiger partial charge < -0.3 is 24.2 Å². The lowest BCUT2D eigenvalue weighted by Gasteiger charge is -2.25. The molecule has 1 saturated heterocycles. The Balaban J connectivity index is 1.64. The number of likely N-dealkylation sites (N-methyl/N-ethyl adjacent to an activating group) is 2. The first-order valence-electron chi connectivity index (χ1n) is 9.18. The van der Waals surface area contributed by atoms with Crippen molar-refractivity contribution >= 4 is 16.9 Å². The molecule has 1 aromatic carbocycles. The average molecular weight is 359 g/mol. The van der Waals surface area contributed by atoms with Crippen LogP contribution in [-0.2, 0) is 0 Å². The second-order valence-corrected chi connectivity index (χ2v) is 7.65. The van der Waals surface area contributed by atoms with Gasteiger partial charge in [0.05, 0.1) is 6.26 Å². The van der Waals surface area contributed by atoms with Crippen LogP contribution >= 0.6 is 0 Å². The second-order valence-electron chi connectivity index (χ2n) is 7.65. The molecule has 0 unspecified atom stereocenters. The predicted molar refractivity (Wildman–Crippen MR) is 102 cm³/mol. The van der Waals surface area contributed by atoms with Crippen molar-refractivity contribution in [1.82, 2.24) is 14.7 Å². The number of amides is 1. The summed E-state index contributed by atoms with van der Waals surface area (Å²) in [7, 11) is 6.24. The lowest BCUT2D eigenvalue weighted by Crippen LogP contribution is -2.35. The molecule has 6 heteroatoms. The maximum atomic E-state index is 12.9. The van der Waals surface area contributed by atoms with Gasteiger partial charge in [-0.2, -0.15) is 0 Å². The van der Waals surface area contributed by atoms with Gasteiger partial charge in [-0.05, 0) is 51.3 Å². The number of hydrogen-bond acceptors (Lipinski definition) is 5. The minimum absolute atomic E-state index is 0.0324. The first-order chi connectivity index (χ1) is 12.5. The summed E-state index contributed by atoms with van der Waals surface area (Å²) in [6, 6.07) is 7.41. The van der Waals surface area contributed by atoms with Crippen LogP contribution in [0.2, 0.25) is 0 Å². The summed E-state index contributed by atoms with van der Waals surface area (Å²) in [5, 5.41) is 10.7. The minimum Gasteiger partial charge on any atom is -0.464 e. The van der Waals surface area contributed by atoms with Crippen LogP contribution in [0.5, 0.6) is 0 Å². The van der Waals surface area contributed by atoms with Gasteiger partial charge in [-0.3, -0.25) is 4.79 Å². The lowest BCUT2D eigenvalue weighted by atomic mass is 9.96. The van der Waals surface area contributed by atoms with Crippen LogP contribution < -0.4 is 0 Å². The van der Waals surface area contributed by atoms with Crippen LogP contribution in [-0.4, -0.2) is 86.2 Å². The Morgan fingerprint density at radius 3 is 2.69 bits per heavy atom. The van der Waals surface area contributed by atoms with Crippen LogP contribution in [0.3, 0.4) is 0 Å². The largest absolute Gasteiger partial charge is 0.464 e.